The summed E-state index contributed by atoms with van der Waals surface area (Å²) in [5.74, 6) is -2.20. The number of benzene rings is 3. The smallest absolute Gasteiger partial charge is 0.330 e. The highest BCUT2D eigenvalue weighted by molar-refractivity contribution is 6.34. The molecule has 10 heteroatoms. The van der Waals surface area contributed by atoms with Gasteiger partial charge in [0.25, 0.3) is 17.7 Å². The lowest BCUT2D eigenvalue weighted by molar-refractivity contribution is -0.142. The molecule has 0 saturated carbocycles. The van der Waals surface area contributed by atoms with Crippen LogP contribution >= 0.6 is 11.6 Å². The van der Waals surface area contributed by atoms with Gasteiger partial charge in [-0.05, 0) is 48.0 Å². The Kier molecular flexibility index (Phi) is 9.01. The number of esters is 1. The van der Waals surface area contributed by atoms with Crippen molar-refractivity contribution in [1.29, 1.82) is 0 Å². The number of nitrogens with one attached hydrogen (secondary N) is 3. The minimum Gasteiger partial charge on any atom is -0.508 e. The van der Waals surface area contributed by atoms with Gasteiger partial charge < -0.3 is 25.8 Å². The molecule has 0 heterocycles. The average Bonchev–Trinajstić information content (AvgIpc) is 2.89. The molecule has 0 aliphatic heterocycles. The number of phenolic OH excluding ortho intramolecular Hbond substituents is 1. The Labute approximate surface area is 212 Å². The molecule has 0 fully saturated rings. The Bertz CT molecular complexity index is 1270. The first-order valence-corrected chi connectivity index (χ1v) is 11.2. The number of hydrogen-bond acceptors (Lipinski definition) is 6. The molecular formula is C26H24ClN3O6. The van der Waals surface area contributed by atoms with Crippen molar-refractivity contribution in [2.45, 2.75) is 12.6 Å². The van der Waals surface area contributed by atoms with Crippen molar-refractivity contribution in [3.8, 4) is 5.75 Å². The maximum Gasteiger partial charge on any atom is 0.330 e. The van der Waals surface area contributed by atoms with Gasteiger partial charge in [0.2, 0.25) is 0 Å². The molecule has 0 radical (unpaired) electrons. The van der Waals surface area contributed by atoms with E-state index in [9.17, 15) is 24.3 Å². The summed E-state index contributed by atoms with van der Waals surface area (Å²) < 4.78 is 4.73. The van der Waals surface area contributed by atoms with Gasteiger partial charge in [-0.1, -0.05) is 41.9 Å². The van der Waals surface area contributed by atoms with Crippen molar-refractivity contribution >= 4 is 35.3 Å². The van der Waals surface area contributed by atoms with Crippen molar-refractivity contribution in [3.63, 3.8) is 0 Å². The Hall–Kier alpha value is -4.37. The molecule has 0 saturated heterocycles. The van der Waals surface area contributed by atoms with Gasteiger partial charge in [-0.25, -0.2) is 4.79 Å². The zero-order valence-corrected chi connectivity index (χ0v) is 20.0. The van der Waals surface area contributed by atoms with Gasteiger partial charge in [-0.2, -0.15) is 0 Å². The topological polar surface area (TPSA) is 134 Å². The summed E-state index contributed by atoms with van der Waals surface area (Å²) in [6.45, 7) is -0.0259. The SMILES string of the molecule is COC(=O)[C@H](CNC(=O)c1ccccc1)NC(=O)c1ccc(C(=O)NCc2cccc(O)c2)cc1Cl. The normalized spacial score (nSPS) is 11.2. The third-order valence-electron chi connectivity index (χ3n) is 5.13. The number of hydrogen-bond donors (Lipinski definition) is 4. The van der Waals surface area contributed by atoms with Crippen LogP contribution in [-0.2, 0) is 16.1 Å². The highest BCUT2D eigenvalue weighted by atomic mass is 35.5. The number of halogens is 1. The first-order valence-electron chi connectivity index (χ1n) is 10.9. The van der Waals surface area contributed by atoms with E-state index in [1.165, 1.54) is 30.3 Å². The number of aromatic hydroxyl groups is 1. The summed E-state index contributed by atoms with van der Waals surface area (Å²) in [6.07, 6.45) is 0. The van der Waals surface area contributed by atoms with Gasteiger partial charge in [-0.15, -0.1) is 0 Å². The summed E-state index contributed by atoms with van der Waals surface area (Å²) in [6, 6.07) is 17.8. The summed E-state index contributed by atoms with van der Waals surface area (Å²) in [5.41, 5.74) is 1.35. The molecule has 3 aromatic rings. The predicted molar refractivity (Wildman–Crippen MR) is 133 cm³/mol. The highest BCUT2D eigenvalue weighted by Crippen LogP contribution is 2.19. The quantitative estimate of drug-likeness (QED) is 0.328. The van der Waals surface area contributed by atoms with Crippen LogP contribution < -0.4 is 16.0 Å². The maximum atomic E-state index is 12.8. The van der Waals surface area contributed by atoms with Crippen molar-refractivity contribution in [2.24, 2.45) is 0 Å². The van der Waals surface area contributed by atoms with Gasteiger partial charge in [0.1, 0.15) is 11.8 Å². The van der Waals surface area contributed by atoms with Crippen LogP contribution in [0.5, 0.6) is 5.75 Å². The third kappa shape index (κ3) is 7.07. The zero-order chi connectivity index (χ0) is 26.1. The van der Waals surface area contributed by atoms with E-state index >= 15 is 0 Å². The molecule has 1 atom stereocenters. The molecule has 3 amide bonds. The molecule has 0 aliphatic carbocycles. The second-order valence-corrected chi connectivity index (χ2v) is 8.08. The number of ether oxygens (including phenoxy) is 1. The molecule has 36 heavy (non-hydrogen) atoms. The van der Waals surface area contributed by atoms with E-state index in [-0.39, 0.29) is 35.0 Å². The van der Waals surface area contributed by atoms with Gasteiger partial charge in [-0.3, -0.25) is 14.4 Å². The Balaban J connectivity index is 1.63. The molecule has 0 spiro atoms. The highest BCUT2D eigenvalue weighted by Gasteiger charge is 2.24. The molecule has 186 valence electrons. The van der Waals surface area contributed by atoms with Gasteiger partial charge in [0, 0.05) is 24.2 Å². The van der Waals surface area contributed by atoms with Crippen molar-refractivity contribution in [1.82, 2.24) is 16.0 Å². The van der Waals surface area contributed by atoms with Crippen LogP contribution in [0.1, 0.15) is 36.6 Å². The van der Waals surface area contributed by atoms with Gasteiger partial charge >= 0.3 is 5.97 Å². The van der Waals surface area contributed by atoms with Crippen molar-refractivity contribution in [3.05, 3.63) is 100 Å². The lowest BCUT2D eigenvalue weighted by Gasteiger charge is -2.18. The lowest BCUT2D eigenvalue weighted by atomic mass is 10.1. The largest absolute Gasteiger partial charge is 0.508 e. The van der Waals surface area contributed by atoms with Crippen LogP contribution in [0.3, 0.4) is 0 Å². The lowest BCUT2D eigenvalue weighted by Crippen LogP contribution is -2.49. The second kappa shape index (κ2) is 12.4. The molecule has 0 bridgehead atoms. The van der Waals surface area contributed by atoms with Gasteiger partial charge in [0.05, 0.1) is 17.7 Å². The summed E-state index contributed by atoms with van der Waals surface area (Å²) in [5, 5.41) is 17.3. The molecule has 9 nitrogen and oxygen atoms in total. The molecule has 3 aromatic carbocycles. The fourth-order valence-electron chi connectivity index (χ4n) is 3.25. The molecule has 0 unspecified atom stereocenters. The number of amides is 3. The minimum atomic E-state index is -1.17. The summed E-state index contributed by atoms with van der Waals surface area (Å²) >= 11 is 6.25. The van der Waals surface area contributed by atoms with E-state index in [0.29, 0.717) is 11.1 Å². The third-order valence-corrected chi connectivity index (χ3v) is 5.45. The summed E-state index contributed by atoms with van der Waals surface area (Å²) in [4.78, 5) is 49.7. The maximum absolute atomic E-state index is 12.8. The second-order valence-electron chi connectivity index (χ2n) is 7.67. The van der Waals surface area contributed by atoms with E-state index in [1.807, 2.05) is 0 Å². The standard InChI is InChI=1S/C26H24ClN3O6/c1-36-26(35)22(15-29-23(32)17-7-3-2-4-8-17)30-25(34)20-11-10-18(13-21(20)27)24(33)28-14-16-6-5-9-19(31)12-16/h2-13,22,31H,14-15H2,1H3,(H,28,33)(H,29,32)(H,30,34)/t22-/m0/s1. The van der Waals surface area contributed by atoms with Crippen LogP contribution in [0.15, 0.2) is 72.8 Å². The van der Waals surface area contributed by atoms with E-state index in [1.54, 1.807) is 42.5 Å². The molecule has 4 N–H and O–H groups in total. The van der Waals surface area contributed by atoms with Gasteiger partial charge in [0.15, 0.2) is 0 Å². The summed E-state index contributed by atoms with van der Waals surface area (Å²) in [7, 11) is 1.16. The van der Waals surface area contributed by atoms with Crippen LogP contribution in [0.4, 0.5) is 0 Å². The molecular weight excluding hydrogens is 486 g/mol. The number of rotatable bonds is 9. The minimum absolute atomic E-state index is 0.00515. The van der Waals surface area contributed by atoms with E-state index in [0.717, 1.165) is 7.11 Å². The van der Waals surface area contributed by atoms with Crippen molar-refractivity contribution in [2.75, 3.05) is 13.7 Å². The van der Waals surface area contributed by atoms with E-state index < -0.39 is 29.7 Å². The monoisotopic (exact) mass is 509 g/mol. The Morgan fingerprint density at radius 2 is 1.58 bits per heavy atom. The first-order chi connectivity index (χ1) is 17.3. The number of carbonyl (C=O) groups is 4. The molecule has 0 aliphatic rings. The molecule has 0 aromatic heterocycles. The van der Waals surface area contributed by atoms with Crippen LogP contribution in [0.2, 0.25) is 5.02 Å². The fraction of sp³-hybridized carbons (Fsp3) is 0.154. The van der Waals surface area contributed by atoms with E-state index in [4.69, 9.17) is 16.3 Å². The number of carbonyl (C=O) groups excluding carboxylic acids is 4. The van der Waals surface area contributed by atoms with E-state index in [2.05, 4.69) is 16.0 Å². The zero-order valence-electron chi connectivity index (χ0n) is 19.3. The predicted octanol–water partition coefficient (Wildman–Crippen LogP) is 2.68. The Morgan fingerprint density at radius 3 is 2.25 bits per heavy atom. The Morgan fingerprint density at radius 1 is 0.861 bits per heavy atom. The molecule has 3 rings (SSSR count). The van der Waals surface area contributed by atoms with Crippen molar-refractivity contribution < 1.29 is 29.0 Å². The average molecular weight is 510 g/mol. The number of methoxy groups -OCH3 is 1. The fourth-order valence-corrected chi connectivity index (χ4v) is 3.52. The first kappa shape index (κ1) is 26.2. The number of phenols is 1. The van der Waals surface area contributed by atoms with Crippen LogP contribution in [0, 0.1) is 0 Å². The van der Waals surface area contributed by atoms with Crippen LogP contribution in [-0.4, -0.2) is 48.5 Å². The van der Waals surface area contributed by atoms with Crippen LogP contribution in [0.25, 0.3) is 0 Å².